The molecule has 15 heavy (non-hydrogen) atoms. The third-order valence-corrected chi connectivity index (χ3v) is 4.09. The second-order valence-electron chi connectivity index (χ2n) is 5.21. The zero-order chi connectivity index (χ0) is 10.5. The van der Waals surface area contributed by atoms with Gasteiger partial charge in [-0.1, -0.05) is 19.8 Å². The molecule has 1 saturated carbocycles. The molecular formula is C13H26N2. The molecule has 2 rings (SSSR count). The normalized spacial score (nSPS) is 37.0. The second-order valence-corrected chi connectivity index (χ2v) is 5.21. The van der Waals surface area contributed by atoms with Crippen LogP contribution in [0.25, 0.3) is 0 Å². The fraction of sp³-hybridized carbons (Fsp3) is 1.00. The molecule has 1 heterocycles. The van der Waals surface area contributed by atoms with Crippen molar-refractivity contribution in [3.63, 3.8) is 0 Å². The molecule has 1 saturated heterocycles. The maximum Gasteiger partial charge on any atom is 0.0110 e. The molecule has 2 aliphatic rings. The molecule has 0 aromatic carbocycles. The van der Waals surface area contributed by atoms with Gasteiger partial charge in [-0.05, 0) is 51.1 Å². The van der Waals surface area contributed by atoms with E-state index in [9.17, 15) is 0 Å². The van der Waals surface area contributed by atoms with E-state index in [4.69, 9.17) is 0 Å². The molecule has 0 aromatic heterocycles. The Morgan fingerprint density at radius 3 is 2.80 bits per heavy atom. The van der Waals surface area contributed by atoms with Crippen molar-refractivity contribution in [2.45, 2.75) is 64.0 Å². The summed E-state index contributed by atoms with van der Waals surface area (Å²) in [5.74, 6) is 0.914. The Hall–Kier alpha value is -0.0800. The smallest absolute Gasteiger partial charge is 0.0110 e. The van der Waals surface area contributed by atoms with Crippen molar-refractivity contribution in [2.24, 2.45) is 5.92 Å². The van der Waals surface area contributed by atoms with Gasteiger partial charge in [0.1, 0.15) is 0 Å². The fourth-order valence-electron chi connectivity index (χ4n) is 3.30. The van der Waals surface area contributed by atoms with Gasteiger partial charge < -0.3 is 10.6 Å². The predicted octanol–water partition coefficient (Wildman–Crippen LogP) is 2.30. The Labute approximate surface area is 94.2 Å². The molecular weight excluding hydrogens is 184 g/mol. The predicted molar refractivity (Wildman–Crippen MR) is 65.1 cm³/mol. The average Bonchev–Trinajstić information content (AvgIpc) is 2.75. The molecule has 2 nitrogen and oxygen atoms in total. The van der Waals surface area contributed by atoms with Gasteiger partial charge in [-0.3, -0.25) is 0 Å². The van der Waals surface area contributed by atoms with Crippen LogP contribution in [0.15, 0.2) is 0 Å². The van der Waals surface area contributed by atoms with Crippen LogP contribution in [0.3, 0.4) is 0 Å². The highest BCUT2D eigenvalue weighted by molar-refractivity contribution is 4.92. The summed E-state index contributed by atoms with van der Waals surface area (Å²) in [4.78, 5) is 0. The number of hydrogen-bond acceptors (Lipinski definition) is 2. The molecule has 3 atom stereocenters. The van der Waals surface area contributed by atoms with Gasteiger partial charge >= 0.3 is 0 Å². The topological polar surface area (TPSA) is 24.1 Å². The van der Waals surface area contributed by atoms with Crippen LogP contribution in [0.1, 0.15) is 51.9 Å². The van der Waals surface area contributed by atoms with Gasteiger partial charge in [0.2, 0.25) is 0 Å². The summed E-state index contributed by atoms with van der Waals surface area (Å²) in [6.07, 6.45) is 9.79. The lowest BCUT2D eigenvalue weighted by Crippen LogP contribution is -2.46. The van der Waals surface area contributed by atoms with E-state index in [1.54, 1.807) is 0 Å². The molecule has 0 amide bonds. The average molecular weight is 210 g/mol. The minimum absolute atomic E-state index is 0.806. The summed E-state index contributed by atoms with van der Waals surface area (Å²) in [5, 5.41) is 7.47. The van der Waals surface area contributed by atoms with Crippen molar-refractivity contribution in [2.75, 3.05) is 13.1 Å². The van der Waals surface area contributed by atoms with Crippen LogP contribution in [-0.2, 0) is 0 Å². The summed E-state index contributed by atoms with van der Waals surface area (Å²) in [5.41, 5.74) is 0. The van der Waals surface area contributed by atoms with Crippen LogP contribution in [-0.4, -0.2) is 25.2 Å². The Kier molecular flexibility index (Phi) is 4.45. The molecule has 0 spiro atoms. The first-order chi connectivity index (χ1) is 7.42. The monoisotopic (exact) mass is 210 g/mol. The van der Waals surface area contributed by atoms with Gasteiger partial charge in [0.25, 0.3) is 0 Å². The maximum absolute atomic E-state index is 3.74. The molecule has 0 radical (unpaired) electrons. The van der Waals surface area contributed by atoms with Crippen molar-refractivity contribution in [1.82, 2.24) is 10.6 Å². The van der Waals surface area contributed by atoms with E-state index in [1.165, 1.54) is 58.0 Å². The van der Waals surface area contributed by atoms with Crippen LogP contribution < -0.4 is 10.6 Å². The quantitative estimate of drug-likeness (QED) is 0.744. The number of nitrogens with one attached hydrogen (secondary N) is 2. The molecule has 0 bridgehead atoms. The van der Waals surface area contributed by atoms with Crippen LogP contribution in [0, 0.1) is 5.92 Å². The van der Waals surface area contributed by atoms with E-state index in [-0.39, 0.29) is 0 Å². The molecule has 1 aliphatic carbocycles. The minimum atomic E-state index is 0.806. The van der Waals surface area contributed by atoms with Gasteiger partial charge in [0.05, 0.1) is 0 Å². The lowest BCUT2D eigenvalue weighted by molar-refractivity contribution is 0.258. The van der Waals surface area contributed by atoms with E-state index in [2.05, 4.69) is 17.6 Å². The Morgan fingerprint density at radius 1 is 1.13 bits per heavy atom. The van der Waals surface area contributed by atoms with Crippen molar-refractivity contribution in [3.05, 3.63) is 0 Å². The highest BCUT2D eigenvalue weighted by Crippen LogP contribution is 2.31. The van der Waals surface area contributed by atoms with Crippen LogP contribution in [0.4, 0.5) is 0 Å². The Bertz CT molecular complexity index is 175. The third-order valence-electron chi connectivity index (χ3n) is 4.09. The number of piperidine rings is 1. The summed E-state index contributed by atoms with van der Waals surface area (Å²) in [6.45, 7) is 4.71. The minimum Gasteiger partial charge on any atom is -0.314 e. The van der Waals surface area contributed by atoms with E-state index in [1.807, 2.05) is 0 Å². The summed E-state index contributed by atoms with van der Waals surface area (Å²) >= 11 is 0. The molecule has 3 unspecified atom stereocenters. The summed E-state index contributed by atoms with van der Waals surface area (Å²) < 4.78 is 0. The lowest BCUT2D eigenvalue weighted by Gasteiger charge is -2.33. The molecule has 1 aliphatic heterocycles. The molecule has 2 N–H and O–H groups in total. The number of hydrogen-bond donors (Lipinski definition) is 2. The zero-order valence-electron chi connectivity index (χ0n) is 10.1. The van der Waals surface area contributed by atoms with Crippen LogP contribution in [0.5, 0.6) is 0 Å². The van der Waals surface area contributed by atoms with Gasteiger partial charge in [0, 0.05) is 12.1 Å². The summed E-state index contributed by atoms with van der Waals surface area (Å²) in [6, 6.07) is 1.62. The SMILES string of the molecule is CCCNC1CCCC1C1CCCCN1. The van der Waals surface area contributed by atoms with Crippen molar-refractivity contribution < 1.29 is 0 Å². The Morgan fingerprint density at radius 2 is 2.07 bits per heavy atom. The van der Waals surface area contributed by atoms with E-state index in [0.717, 1.165) is 18.0 Å². The first kappa shape index (κ1) is 11.4. The van der Waals surface area contributed by atoms with E-state index in [0.29, 0.717) is 0 Å². The highest BCUT2D eigenvalue weighted by Gasteiger charge is 2.33. The van der Waals surface area contributed by atoms with E-state index < -0.39 is 0 Å². The Balaban J connectivity index is 1.82. The lowest BCUT2D eigenvalue weighted by atomic mass is 9.88. The second kappa shape index (κ2) is 5.86. The van der Waals surface area contributed by atoms with Gasteiger partial charge in [-0.2, -0.15) is 0 Å². The fourth-order valence-corrected chi connectivity index (χ4v) is 3.30. The molecule has 0 aromatic rings. The van der Waals surface area contributed by atoms with Crippen LogP contribution >= 0.6 is 0 Å². The largest absolute Gasteiger partial charge is 0.314 e. The summed E-state index contributed by atoms with van der Waals surface area (Å²) in [7, 11) is 0. The maximum atomic E-state index is 3.74. The van der Waals surface area contributed by atoms with Crippen molar-refractivity contribution in [3.8, 4) is 0 Å². The van der Waals surface area contributed by atoms with Crippen molar-refractivity contribution in [1.29, 1.82) is 0 Å². The first-order valence-corrected chi connectivity index (χ1v) is 6.88. The zero-order valence-corrected chi connectivity index (χ0v) is 10.1. The highest BCUT2D eigenvalue weighted by atomic mass is 15.0. The van der Waals surface area contributed by atoms with Gasteiger partial charge in [-0.25, -0.2) is 0 Å². The van der Waals surface area contributed by atoms with Gasteiger partial charge in [-0.15, -0.1) is 0 Å². The molecule has 2 fully saturated rings. The van der Waals surface area contributed by atoms with E-state index >= 15 is 0 Å². The first-order valence-electron chi connectivity index (χ1n) is 6.88. The van der Waals surface area contributed by atoms with Crippen molar-refractivity contribution >= 4 is 0 Å². The molecule has 88 valence electrons. The number of rotatable bonds is 4. The standard InChI is InChI=1S/C13H26N2/c1-2-9-14-13-8-5-6-11(13)12-7-3-4-10-15-12/h11-15H,2-10H2,1H3. The van der Waals surface area contributed by atoms with Crippen LogP contribution in [0.2, 0.25) is 0 Å². The molecule has 2 heteroatoms. The third kappa shape index (κ3) is 2.94. The van der Waals surface area contributed by atoms with Gasteiger partial charge in [0.15, 0.2) is 0 Å².